The fraction of sp³-hybridized carbons (Fsp3) is 0.500. The van der Waals surface area contributed by atoms with E-state index >= 15 is 0 Å². The summed E-state index contributed by atoms with van der Waals surface area (Å²) in [7, 11) is -3.09. The molecular formula is C12H18O2S. The molecule has 0 atom stereocenters. The fourth-order valence-corrected chi connectivity index (χ4v) is 3.25. The molecule has 0 heterocycles. The molecule has 0 bridgehead atoms. The summed E-state index contributed by atoms with van der Waals surface area (Å²) in [5, 5.41) is 0. The lowest BCUT2D eigenvalue weighted by Gasteiger charge is -2.08. The summed E-state index contributed by atoms with van der Waals surface area (Å²) >= 11 is 0. The van der Waals surface area contributed by atoms with Gasteiger partial charge in [-0.1, -0.05) is 32.0 Å². The number of hydrogen-bond donors (Lipinski definition) is 0. The van der Waals surface area contributed by atoms with Crippen LogP contribution in [0, 0.1) is 12.8 Å². The average molecular weight is 226 g/mol. The first-order valence-corrected chi connectivity index (χ1v) is 6.87. The second kappa shape index (κ2) is 4.79. The van der Waals surface area contributed by atoms with Crippen molar-refractivity contribution in [2.75, 3.05) is 5.75 Å². The average Bonchev–Trinajstić information content (AvgIpc) is 2.15. The van der Waals surface area contributed by atoms with Gasteiger partial charge in [0.05, 0.1) is 10.6 Å². The number of aryl methyl sites for hydroxylation is 1. The molecule has 3 heteroatoms. The van der Waals surface area contributed by atoms with Crippen LogP contribution < -0.4 is 0 Å². The molecule has 84 valence electrons. The van der Waals surface area contributed by atoms with Crippen LogP contribution in [-0.4, -0.2) is 14.2 Å². The molecule has 0 saturated carbocycles. The van der Waals surface area contributed by atoms with Crippen molar-refractivity contribution in [1.29, 1.82) is 0 Å². The van der Waals surface area contributed by atoms with Gasteiger partial charge in [-0.05, 0) is 30.9 Å². The maximum Gasteiger partial charge on any atom is 0.178 e. The van der Waals surface area contributed by atoms with Gasteiger partial charge in [0, 0.05) is 0 Å². The molecule has 0 fully saturated rings. The van der Waals surface area contributed by atoms with Crippen molar-refractivity contribution in [2.45, 2.75) is 32.1 Å². The lowest BCUT2D eigenvalue weighted by atomic mass is 10.2. The summed E-state index contributed by atoms with van der Waals surface area (Å²) in [6, 6.07) is 7.15. The molecule has 2 nitrogen and oxygen atoms in total. The van der Waals surface area contributed by atoms with Crippen molar-refractivity contribution in [3.05, 3.63) is 29.8 Å². The zero-order valence-corrected chi connectivity index (χ0v) is 10.3. The first-order valence-electron chi connectivity index (χ1n) is 5.22. The Labute approximate surface area is 92.2 Å². The van der Waals surface area contributed by atoms with Crippen LogP contribution in [0.15, 0.2) is 29.2 Å². The molecule has 1 aromatic rings. The molecule has 0 aliphatic carbocycles. The third-order valence-electron chi connectivity index (χ3n) is 2.39. The molecule has 0 aromatic heterocycles. The molecule has 15 heavy (non-hydrogen) atoms. The van der Waals surface area contributed by atoms with E-state index in [1.807, 2.05) is 32.9 Å². The lowest BCUT2D eigenvalue weighted by molar-refractivity contribution is 0.573. The van der Waals surface area contributed by atoms with E-state index in [9.17, 15) is 8.42 Å². The topological polar surface area (TPSA) is 34.1 Å². The molecular weight excluding hydrogens is 208 g/mol. The summed E-state index contributed by atoms with van der Waals surface area (Å²) in [4.78, 5) is 0.477. The largest absolute Gasteiger partial charge is 0.224 e. The van der Waals surface area contributed by atoms with Gasteiger partial charge in [0.15, 0.2) is 9.84 Å². The Morgan fingerprint density at radius 2 is 1.80 bits per heavy atom. The Balaban J connectivity index is 2.92. The molecule has 0 spiro atoms. The zero-order valence-electron chi connectivity index (χ0n) is 9.53. The summed E-state index contributed by atoms with van der Waals surface area (Å²) in [6.07, 6.45) is 0.719. The first kappa shape index (κ1) is 12.2. The molecule has 0 unspecified atom stereocenters. The van der Waals surface area contributed by atoms with Gasteiger partial charge >= 0.3 is 0 Å². The van der Waals surface area contributed by atoms with E-state index in [0.717, 1.165) is 12.0 Å². The van der Waals surface area contributed by atoms with Crippen LogP contribution >= 0.6 is 0 Å². The van der Waals surface area contributed by atoms with Crippen LogP contribution in [0.1, 0.15) is 25.8 Å². The van der Waals surface area contributed by atoms with Crippen molar-refractivity contribution in [1.82, 2.24) is 0 Å². The van der Waals surface area contributed by atoms with E-state index < -0.39 is 9.84 Å². The summed E-state index contributed by atoms with van der Waals surface area (Å²) in [5.74, 6) is 0.666. The number of sulfone groups is 1. The second-order valence-corrected chi connectivity index (χ2v) is 6.34. The number of rotatable bonds is 4. The van der Waals surface area contributed by atoms with E-state index in [1.54, 1.807) is 12.1 Å². The third-order valence-corrected chi connectivity index (χ3v) is 4.29. The lowest BCUT2D eigenvalue weighted by Crippen LogP contribution is -2.10. The van der Waals surface area contributed by atoms with Crippen molar-refractivity contribution >= 4 is 9.84 Å². The molecule has 0 N–H and O–H groups in total. The van der Waals surface area contributed by atoms with Gasteiger partial charge in [-0.2, -0.15) is 0 Å². The van der Waals surface area contributed by atoms with Gasteiger partial charge in [-0.15, -0.1) is 0 Å². The van der Waals surface area contributed by atoms with E-state index in [1.165, 1.54) is 0 Å². The second-order valence-electron chi connectivity index (χ2n) is 4.27. The van der Waals surface area contributed by atoms with Crippen LogP contribution in [0.4, 0.5) is 0 Å². The number of hydrogen-bond acceptors (Lipinski definition) is 2. The monoisotopic (exact) mass is 226 g/mol. The van der Waals surface area contributed by atoms with E-state index in [-0.39, 0.29) is 5.75 Å². The highest BCUT2D eigenvalue weighted by Crippen LogP contribution is 2.17. The molecule has 1 aromatic carbocycles. The quantitative estimate of drug-likeness (QED) is 0.791. The smallest absolute Gasteiger partial charge is 0.178 e. The maximum atomic E-state index is 12.0. The standard InChI is InChI=1S/C12H18O2S/c1-10(2)8-9-15(13,14)12-7-5-4-6-11(12)3/h4-7,10H,8-9H2,1-3H3. The van der Waals surface area contributed by atoms with Gasteiger partial charge in [0.1, 0.15) is 0 Å². The van der Waals surface area contributed by atoms with Gasteiger partial charge in [0.2, 0.25) is 0 Å². The van der Waals surface area contributed by atoms with Crippen LogP contribution in [0.2, 0.25) is 0 Å². The predicted octanol–water partition coefficient (Wildman–Crippen LogP) is 2.81. The molecule has 0 aliphatic heterocycles. The minimum Gasteiger partial charge on any atom is -0.224 e. The van der Waals surface area contributed by atoms with E-state index in [0.29, 0.717) is 10.8 Å². The fourth-order valence-electron chi connectivity index (χ4n) is 1.41. The van der Waals surface area contributed by atoms with Crippen LogP contribution in [-0.2, 0) is 9.84 Å². The summed E-state index contributed by atoms with van der Waals surface area (Å²) in [5.41, 5.74) is 0.834. The minimum atomic E-state index is -3.09. The molecule has 0 aliphatic rings. The Hall–Kier alpha value is -0.830. The Kier molecular flexibility index (Phi) is 3.91. The molecule has 0 radical (unpaired) electrons. The Morgan fingerprint density at radius 1 is 1.20 bits per heavy atom. The van der Waals surface area contributed by atoms with E-state index in [4.69, 9.17) is 0 Å². The molecule has 0 saturated heterocycles. The SMILES string of the molecule is Cc1ccccc1S(=O)(=O)CCC(C)C. The summed E-state index contributed by atoms with van der Waals surface area (Å²) < 4.78 is 23.9. The van der Waals surface area contributed by atoms with Gasteiger partial charge in [0.25, 0.3) is 0 Å². The minimum absolute atomic E-state index is 0.246. The van der Waals surface area contributed by atoms with Crippen LogP contribution in [0.3, 0.4) is 0 Å². The van der Waals surface area contributed by atoms with Crippen molar-refractivity contribution < 1.29 is 8.42 Å². The zero-order chi connectivity index (χ0) is 11.5. The molecule has 1 rings (SSSR count). The predicted molar refractivity (Wildman–Crippen MR) is 62.7 cm³/mol. The van der Waals surface area contributed by atoms with Crippen LogP contribution in [0.5, 0.6) is 0 Å². The third kappa shape index (κ3) is 3.34. The normalized spacial score (nSPS) is 12.0. The van der Waals surface area contributed by atoms with Gasteiger partial charge < -0.3 is 0 Å². The number of benzene rings is 1. The molecule has 0 amide bonds. The highest BCUT2D eigenvalue weighted by atomic mass is 32.2. The highest BCUT2D eigenvalue weighted by Gasteiger charge is 2.16. The van der Waals surface area contributed by atoms with Crippen molar-refractivity contribution in [2.24, 2.45) is 5.92 Å². The highest BCUT2D eigenvalue weighted by molar-refractivity contribution is 7.91. The first-order chi connectivity index (χ1) is 6.93. The Bertz CT molecular complexity index is 419. The van der Waals surface area contributed by atoms with Crippen molar-refractivity contribution in [3.8, 4) is 0 Å². The van der Waals surface area contributed by atoms with Gasteiger partial charge in [-0.3, -0.25) is 0 Å². The van der Waals surface area contributed by atoms with Gasteiger partial charge in [-0.25, -0.2) is 8.42 Å². The maximum absolute atomic E-state index is 12.0. The van der Waals surface area contributed by atoms with Crippen LogP contribution in [0.25, 0.3) is 0 Å². The van der Waals surface area contributed by atoms with Crippen molar-refractivity contribution in [3.63, 3.8) is 0 Å². The summed E-state index contributed by atoms with van der Waals surface area (Å²) in [6.45, 7) is 5.91. The Morgan fingerprint density at radius 3 is 2.33 bits per heavy atom. The van der Waals surface area contributed by atoms with E-state index in [2.05, 4.69) is 0 Å².